The van der Waals surface area contributed by atoms with Crippen molar-refractivity contribution in [3.63, 3.8) is 0 Å². The van der Waals surface area contributed by atoms with Crippen LogP contribution >= 0.6 is 0 Å². The lowest BCUT2D eigenvalue weighted by molar-refractivity contribution is 0.0589. The summed E-state index contributed by atoms with van der Waals surface area (Å²) >= 11 is 0. The molecule has 1 heterocycles. The van der Waals surface area contributed by atoms with Crippen molar-refractivity contribution in [3.8, 4) is 0 Å². The van der Waals surface area contributed by atoms with E-state index in [0.29, 0.717) is 28.7 Å². The Labute approximate surface area is 175 Å². The lowest BCUT2D eigenvalue weighted by Crippen LogP contribution is -2.34. The first-order chi connectivity index (χ1) is 14.2. The van der Waals surface area contributed by atoms with E-state index in [9.17, 15) is 9.59 Å². The molecular formula is C23H27N3O4. The lowest BCUT2D eigenvalue weighted by atomic mass is 10.1. The molecule has 0 aliphatic heterocycles. The molecule has 1 amide bonds. The van der Waals surface area contributed by atoms with Crippen LogP contribution in [0.1, 0.15) is 31.9 Å². The quantitative estimate of drug-likeness (QED) is 0.667. The summed E-state index contributed by atoms with van der Waals surface area (Å²) in [5.41, 5.74) is 1.75. The number of anilines is 2. The molecule has 2 aromatic carbocycles. The van der Waals surface area contributed by atoms with E-state index >= 15 is 0 Å². The van der Waals surface area contributed by atoms with Gasteiger partial charge in [0.1, 0.15) is 5.60 Å². The molecule has 158 valence electrons. The van der Waals surface area contributed by atoms with Crippen LogP contribution in [0, 0.1) is 6.92 Å². The first-order valence-corrected chi connectivity index (χ1v) is 9.84. The molecule has 0 radical (unpaired) electrons. The summed E-state index contributed by atoms with van der Waals surface area (Å²) < 4.78 is 10.8. The van der Waals surface area contributed by atoms with Crippen LogP contribution in [0.25, 0.3) is 10.9 Å². The molecule has 0 atom stereocenters. The van der Waals surface area contributed by atoms with E-state index in [1.807, 2.05) is 30.3 Å². The standard InChI is InChI=1S/C23H27N3O4/c1-15-18(26(5)22(28)30-23(2,3)4)12-11-17-19(15)20(27)29-21(25-17)24-14-13-16-9-7-6-8-10-16/h6-12H,13-14H2,1-5H3,(H,24,25). The second-order valence-electron chi connectivity index (χ2n) is 8.11. The van der Waals surface area contributed by atoms with Gasteiger partial charge in [0.25, 0.3) is 6.01 Å². The molecule has 3 rings (SSSR count). The number of ether oxygens (including phenoxy) is 1. The van der Waals surface area contributed by atoms with Gasteiger partial charge in [-0.1, -0.05) is 30.3 Å². The second kappa shape index (κ2) is 8.57. The maximum Gasteiger partial charge on any atom is 0.414 e. The zero-order valence-electron chi connectivity index (χ0n) is 18.0. The molecule has 3 aromatic rings. The minimum absolute atomic E-state index is 0.177. The highest BCUT2D eigenvalue weighted by Gasteiger charge is 2.23. The summed E-state index contributed by atoms with van der Waals surface area (Å²) in [6.07, 6.45) is 0.282. The van der Waals surface area contributed by atoms with Gasteiger partial charge in [-0.2, -0.15) is 4.98 Å². The Bertz CT molecular complexity index is 1100. The van der Waals surface area contributed by atoms with Crippen LogP contribution in [0.2, 0.25) is 0 Å². The van der Waals surface area contributed by atoms with Crippen molar-refractivity contribution in [2.24, 2.45) is 0 Å². The van der Waals surface area contributed by atoms with Crippen LogP contribution < -0.4 is 15.8 Å². The zero-order valence-corrected chi connectivity index (χ0v) is 18.0. The first-order valence-electron chi connectivity index (χ1n) is 9.84. The predicted molar refractivity (Wildman–Crippen MR) is 118 cm³/mol. The SMILES string of the molecule is Cc1c(N(C)C(=O)OC(C)(C)C)ccc2nc(NCCc3ccccc3)oc(=O)c12. The number of carbonyl (C=O) groups excluding carboxylic acids is 1. The van der Waals surface area contributed by atoms with Crippen molar-refractivity contribution in [1.82, 2.24) is 4.98 Å². The fourth-order valence-electron chi connectivity index (χ4n) is 3.13. The maximum absolute atomic E-state index is 12.6. The highest BCUT2D eigenvalue weighted by atomic mass is 16.6. The van der Waals surface area contributed by atoms with Gasteiger partial charge in [-0.05, 0) is 57.4 Å². The smallest absolute Gasteiger partial charge is 0.414 e. The summed E-state index contributed by atoms with van der Waals surface area (Å²) in [5.74, 6) is 0. The summed E-state index contributed by atoms with van der Waals surface area (Å²) in [6.45, 7) is 7.76. The van der Waals surface area contributed by atoms with E-state index < -0.39 is 17.3 Å². The Kier molecular flexibility index (Phi) is 6.10. The average Bonchev–Trinajstić information content (AvgIpc) is 2.67. The Morgan fingerprint density at radius 1 is 1.17 bits per heavy atom. The summed E-state index contributed by atoms with van der Waals surface area (Å²) in [5, 5.41) is 3.41. The van der Waals surface area contributed by atoms with Gasteiger partial charge in [0.15, 0.2) is 0 Å². The van der Waals surface area contributed by atoms with Crippen molar-refractivity contribution in [3.05, 3.63) is 64.0 Å². The largest absolute Gasteiger partial charge is 0.443 e. The van der Waals surface area contributed by atoms with Crippen molar-refractivity contribution in [1.29, 1.82) is 0 Å². The molecule has 0 saturated heterocycles. The third kappa shape index (κ3) is 4.97. The first kappa shape index (κ1) is 21.4. The Morgan fingerprint density at radius 3 is 2.53 bits per heavy atom. The molecule has 0 spiro atoms. The predicted octanol–water partition coefficient (Wildman–Crippen LogP) is 4.52. The molecular weight excluding hydrogens is 382 g/mol. The molecule has 0 bridgehead atoms. The highest BCUT2D eigenvalue weighted by Crippen LogP contribution is 2.26. The van der Waals surface area contributed by atoms with Crippen molar-refractivity contribution in [2.75, 3.05) is 23.8 Å². The molecule has 0 aliphatic rings. The number of nitrogens with one attached hydrogen (secondary N) is 1. The monoisotopic (exact) mass is 409 g/mol. The van der Waals surface area contributed by atoms with Gasteiger partial charge in [-0.3, -0.25) is 4.90 Å². The van der Waals surface area contributed by atoms with E-state index in [2.05, 4.69) is 10.3 Å². The maximum atomic E-state index is 12.6. The van der Waals surface area contributed by atoms with E-state index in [4.69, 9.17) is 9.15 Å². The van der Waals surface area contributed by atoms with Crippen molar-refractivity contribution in [2.45, 2.75) is 39.7 Å². The molecule has 7 nitrogen and oxygen atoms in total. The topological polar surface area (TPSA) is 84.7 Å². The van der Waals surface area contributed by atoms with Gasteiger partial charge in [-0.25, -0.2) is 9.59 Å². The normalized spacial score (nSPS) is 11.4. The minimum Gasteiger partial charge on any atom is -0.443 e. The lowest BCUT2D eigenvalue weighted by Gasteiger charge is -2.25. The van der Waals surface area contributed by atoms with Gasteiger partial charge in [0, 0.05) is 13.6 Å². The fourth-order valence-corrected chi connectivity index (χ4v) is 3.13. The van der Waals surface area contributed by atoms with E-state index in [1.165, 1.54) is 10.5 Å². The third-order valence-corrected chi connectivity index (χ3v) is 4.59. The Morgan fingerprint density at radius 2 is 1.87 bits per heavy atom. The van der Waals surface area contributed by atoms with Crippen LogP contribution in [-0.4, -0.2) is 30.3 Å². The van der Waals surface area contributed by atoms with E-state index in [-0.39, 0.29) is 6.01 Å². The fraction of sp³-hybridized carbons (Fsp3) is 0.348. The number of hydrogen-bond acceptors (Lipinski definition) is 6. The molecule has 1 aromatic heterocycles. The highest BCUT2D eigenvalue weighted by molar-refractivity contribution is 5.94. The number of nitrogens with zero attached hydrogens (tertiary/aromatic N) is 2. The number of fused-ring (bicyclic) bond motifs is 1. The zero-order chi connectivity index (χ0) is 21.9. The summed E-state index contributed by atoms with van der Waals surface area (Å²) in [7, 11) is 1.61. The number of carbonyl (C=O) groups is 1. The van der Waals surface area contributed by atoms with Gasteiger partial charge in [-0.15, -0.1) is 0 Å². The Hall–Kier alpha value is -3.35. The van der Waals surface area contributed by atoms with Gasteiger partial charge in [0.05, 0.1) is 16.6 Å². The molecule has 7 heteroatoms. The molecule has 0 aliphatic carbocycles. The van der Waals surface area contributed by atoms with Crippen molar-refractivity contribution < 1.29 is 13.9 Å². The van der Waals surface area contributed by atoms with Crippen LogP contribution in [-0.2, 0) is 11.2 Å². The van der Waals surface area contributed by atoms with Gasteiger partial charge >= 0.3 is 11.7 Å². The van der Waals surface area contributed by atoms with E-state index in [0.717, 1.165) is 6.42 Å². The number of aromatic nitrogens is 1. The van der Waals surface area contributed by atoms with Gasteiger partial charge < -0.3 is 14.5 Å². The minimum atomic E-state index is -0.614. The average molecular weight is 409 g/mol. The summed E-state index contributed by atoms with van der Waals surface area (Å²) in [4.78, 5) is 30.8. The molecule has 0 fully saturated rings. The number of hydrogen-bond donors (Lipinski definition) is 1. The molecule has 0 unspecified atom stereocenters. The number of benzene rings is 2. The molecule has 0 saturated carbocycles. The van der Waals surface area contributed by atoms with Crippen LogP contribution in [0.15, 0.2) is 51.7 Å². The molecule has 30 heavy (non-hydrogen) atoms. The van der Waals surface area contributed by atoms with Gasteiger partial charge in [0.2, 0.25) is 0 Å². The number of aryl methyl sites for hydroxylation is 1. The van der Waals surface area contributed by atoms with Crippen LogP contribution in [0.4, 0.5) is 16.5 Å². The van der Waals surface area contributed by atoms with Crippen molar-refractivity contribution >= 4 is 28.7 Å². The molecule has 1 N–H and O–H groups in total. The van der Waals surface area contributed by atoms with Crippen LogP contribution in [0.3, 0.4) is 0 Å². The number of rotatable bonds is 5. The Balaban J connectivity index is 1.82. The third-order valence-electron chi connectivity index (χ3n) is 4.59. The summed E-state index contributed by atoms with van der Waals surface area (Å²) in [6, 6.07) is 13.7. The van der Waals surface area contributed by atoms with Crippen LogP contribution in [0.5, 0.6) is 0 Å². The van der Waals surface area contributed by atoms with E-state index in [1.54, 1.807) is 46.9 Å². The number of amides is 1. The second-order valence-corrected chi connectivity index (χ2v) is 8.11.